The van der Waals surface area contributed by atoms with Crippen LogP contribution in [0.15, 0.2) is 4.47 Å². The van der Waals surface area contributed by atoms with E-state index in [4.69, 9.17) is 5.10 Å². The van der Waals surface area contributed by atoms with E-state index in [2.05, 4.69) is 46.8 Å². The molecule has 0 bridgehead atoms. The smallest absolute Gasteiger partial charge is 0.0766 e. The molecule has 0 aliphatic heterocycles. The van der Waals surface area contributed by atoms with Gasteiger partial charge in [-0.25, -0.2) is 0 Å². The Morgan fingerprint density at radius 3 is 2.60 bits per heavy atom. The SMILES string of the molecule is CCc1nn(CC)c(CCC(NC)C2CCCC2)c1Br. The molecule has 4 heteroatoms. The average Bonchev–Trinajstić information content (AvgIpc) is 3.08. The minimum absolute atomic E-state index is 0.662. The van der Waals surface area contributed by atoms with Crippen LogP contribution in [0.1, 0.15) is 57.3 Å². The third kappa shape index (κ3) is 3.45. The van der Waals surface area contributed by atoms with Gasteiger partial charge in [-0.05, 0) is 67.9 Å². The number of aryl methyl sites for hydroxylation is 2. The molecular weight excluding hydrogens is 314 g/mol. The minimum Gasteiger partial charge on any atom is -0.317 e. The lowest BCUT2D eigenvalue weighted by atomic mass is 9.93. The van der Waals surface area contributed by atoms with E-state index in [0.717, 1.165) is 25.3 Å². The van der Waals surface area contributed by atoms with Crippen molar-refractivity contribution in [3.8, 4) is 0 Å². The van der Waals surface area contributed by atoms with Crippen LogP contribution in [0.4, 0.5) is 0 Å². The predicted octanol–water partition coefficient (Wildman–Crippen LogP) is 3.94. The molecule has 3 nitrogen and oxygen atoms in total. The lowest BCUT2D eigenvalue weighted by Crippen LogP contribution is -2.32. The van der Waals surface area contributed by atoms with E-state index in [-0.39, 0.29) is 0 Å². The molecule has 0 saturated heterocycles. The van der Waals surface area contributed by atoms with Crippen molar-refractivity contribution in [3.63, 3.8) is 0 Å². The van der Waals surface area contributed by atoms with Gasteiger partial charge in [0.25, 0.3) is 0 Å². The molecule has 1 unspecified atom stereocenters. The fourth-order valence-electron chi connectivity index (χ4n) is 3.52. The minimum atomic E-state index is 0.662. The molecular formula is C16H28BrN3. The number of hydrogen-bond donors (Lipinski definition) is 1. The van der Waals surface area contributed by atoms with Crippen LogP contribution in [-0.4, -0.2) is 22.9 Å². The fraction of sp³-hybridized carbons (Fsp3) is 0.812. The lowest BCUT2D eigenvalue weighted by Gasteiger charge is -2.23. The molecule has 1 aliphatic carbocycles. The summed E-state index contributed by atoms with van der Waals surface area (Å²) in [6.45, 7) is 5.31. The highest BCUT2D eigenvalue weighted by atomic mass is 79.9. The van der Waals surface area contributed by atoms with E-state index >= 15 is 0 Å². The zero-order valence-electron chi connectivity index (χ0n) is 13.1. The highest BCUT2D eigenvalue weighted by Crippen LogP contribution is 2.30. The standard InChI is InChI=1S/C16H28BrN3/c1-4-13-16(17)15(20(5-2)19-13)11-10-14(18-3)12-8-6-7-9-12/h12,14,18H,4-11H2,1-3H3. The van der Waals surface area contributed by atoms with Gasteiger partial charge in [-0.3, -0.25) is 4.68 Å². The average molecular weight is 342 g/mol. The summed E-state index contributed by atoms with van der Waals surface area (Å²) in [6, 6.07) is 0.662. The van der Waals surface area contributed by atoms with Crippen LogP contribution in [0.3, 0.4) is 0 Å². The largest absolute Gasteiger partial charge is 0.317 e. The van der Waals surface area contributed by atoms with Gasteiger partial charge in [-0.15, -0.1) is 0 Å². The molecule has 2 rings (SSSR count). The molecule has 1 saturated carbocycles. The molecule has 1 atom stereocenters. The van der Waals surface area contributed by atoms with Crippen LogP contribution in [0.2, 0.25) is 0 Å². The normalized spacial score (nSPS) is 17.8. The molecule has 1 N–H and O–H groups in total. The summed E-state index contributed by atoms with van der Waals surface area (Å²) in [7, 11) is 2.12. The van der Waals surface area contributed by atoms with Gasteiger partial charge in [-0.1, -0.05) is 19.8 Å². The first kappa shape index (κ1) is 16.0. The summed E-state index contributed by atoms with van der Waals surface area (Å²) in [4.78, 5) is 0. The Labute approximate surface area is 131 Å². The maximum Gasteiger partial charge on any atom is 0.0766 e. The molecule has 0 aromatic carbocycles. The number of halogens is 1. The zero-order valence-corrected chi connectivity index (χ0v) is 14.7. The Balaban J connectivity index is 2.03. The van der Waals surface area contributed by atoms with Crippen LogP contribution in [-0.2, 0) is 19.4 Å². The predicted molar refractivity (Wildman–Crippen MR) is 88.1 cm³/mol. The Bertz CT molecular complexity index is 422. The van der Waals surface area contributed by atoms with E-state index in [1.165, 1.54) is 48.0 Å². The summed E-state index contributed by atoms with van der Waals surface area (Å²) in [6.07, 6.45) is 8.97. The van der Waals surface area contributed by atoms with Gasteiger partial charge in [0.05, 0.1) is 15.9 Å². The van der Waals surface area contributed by atoms with Gasteiger partial charge in [0.2, 0.25) is 0 Å². The lowest BCUT2D eigenvalue weighted by molar-refractivity contribution is 0.357. The Morgan fingerprint density at radius 1 is 1.35 bits per heavy atom. The van der Waals surface area contributed by atoms with Crippen molar-refractivity contribution in [2.45, 2.75) is 71.4 Å². The van der Waals surface area contributed by atoms with Crippen molar-refractivity contribution in [1.29, 1.82) is 0 Å². The molecule has 1 aliphatic rings. The Hall–Kier alpha value is -0.350. The quantitative estimate of drug-likeness (QED) is 0.813. The van der Waals surface area contributed by atoms with Crippen LogP contribution in [0.5, 0.6) is 0 Å². The van der Waals surface area contributed by atoms with Gasteiger partial charge >= 0.3 is 0 Å². The van der Waals surface area contributed by atoms with Crippen LogP contribution in [0, 0.1) is 5.92 Å². The monoisotopic (exact) mass is 341 g/mol. The van der Waals surface area contributed by atoms with Crippen molar-refractivity contribution in [1.82, 2.24) is 15.1 Å². The number of nitrogens with one attached hydrogen (secondary N) is 1. The summed E-state index contributed by atoms with van der Waals surface area (Å²) in [5.74, 6) is 0.877. The first-order valence-electron chi connectivity index (χ1n) is 8.12. The first-order valence-corrected chi connectivity index (χ1v) is 8.91. The fourth-order valence-corrected chi connectivity index (χ4v) is 4.29. The summed E-state index contributed by atoms with van der Waals surface area (Å²) in [5, 5.41) is 8.24. The first-order chi connectivity index (χ1) is 9.71. The third-order valence-corrected chi connectivity index (χ3v) is 5.64. The molecule has 1 aromatic rings. The van der Waals surface area contributed by atoms with Gasteiger partial charge < -0.3 is 5.32 Å². The highest BCUT2D eigenvalue weighted by Gasteiger charge is 2.24. The van der Waals surface area contributed by atoms with E-state index in [9.17, 15) is 0 Å². The second-order valence-electron chi connectivity index (χ2n) is 5.86. The highest BCUT2D eigenvalue weighted by molar-refractivity contribution is 9.10. The van der Waals surface area contributed by atoms with Gasteiger partial charge in [-0.2, -0.15) is 5.10 Å². The second kappa shape index (κ2) is 7.60. The van der Waals surface area contributed by atoms with Crippen LogP contribution in [0.25, 0.3) is 0 Å². The Kier molecular flexibility index (Phi) is 6.09. The summed E-state index contributed by atoms with van der Waals surface area (Å²) < 4.78 is 3.41. The van der Waals surface area contributed by atoms with E-state index in [1.54, 1.807) is 0 Å². The van der Waals surface area contributed by atoms with Gasteiger partial charge in [0.15, 0.2) is 0 Å². The summed E-state index contributed by atoms with van der Waals surface area (Å²) in [5.41, 5.74) is 2.58. The molecule has 1 fully saturated rings. The second-order valence-corrected chi connectivity index (χ2v) is 6.65. The molecule has 1 aromatic heterocycles. The Morgan fingerprint density at radius 2 is 2.05 bits per heavy atom. The number of rotatable bonds is 7. The van der Waals surface area contributed by atoms with E-state index in [1.807, 2.05) is 0 Å². The summed E-state index contributed by atoms with van der Waals surface area (Å²) >= 11 is 3.75. The number of hydrogen-bond acceptors (Lipinski definition) is 2. The van der Waals surface area contributed by atoms with Crippen LogP contribution < -0.4 is 5.32 Å². The molecule has 1 heterocycles. The molecule has 0 spiro atoms. The van der Waals surface area contributed by atoms with Gasteiger partial charge in [0, 0.05) is 12.6 Å². The molecule has 0 radical (unpaired) electrons. The third-order valence-electron chi connectivity index (χ3n) is 4.73. The van der Waals surface area contributed by atoms with E-state index < -0.39 is 0 Å². The van der Waals surface area contributed by atoms with Crippen molar-refractivity contribution in [2.75, 3.05) is 7.05 Å². The topological polar surface area (TPSA) is 29.9 Å². The van der Waals surface area contributed by atoms with Crippen molar-refractivity contribution in [2.24, 2.45) is 5.92 Å². The van der Waals surface area contributed by atoms with Crippen molar-refractivity contribution in [3.05, 3.63) is 15.9 Å². The molecule has 114 valence electrons. The molecule has 0 amide bonds. The van der Waals surface area contributed by atoms with Gasteiger partial charge in [0.1, 0.15) is 0 Å². The maximum atomic E-state index is 4.70. The maximum absolute atomic E-state index is 4.70. The molecule has 20 heavy (non-hydrogen) atoms. The van der Waals surface area contributed by atoms with Crippen molar-refractivity contribution >= 4 is 15.9 Å². The number of nitrogens with zero attached hydrogens (tertiary/aromatic N) is 2. The van der Waals surface area contributed by atoms with Crippen molar-refractivity contribution < 1.29 is 0 Å². The zero-order chi connectivity index (χ0) is 14.5. The number of aromatic nitrogens is 2. The van der Waals surface area contributed by atoms with E-state index in [0.29, 0.717) is 6.04 Å². The van der Waals surface area contributed by atoms with Crippen LogP contribution >= 0.6 is 15.9 Å².